The number of aromatic amines is 1. The zero-order chi connectivity index (χ0) is 22.4. The Labute approximate surface area is 187 Å². The summed E-state index contributed by atoms with van der Waals surface area (Å²) in [7, 11) is 2.17. The van der Waals surface area contributed by atoms with Crippen molar-refractivity contribution in [3.63, 3.8) is 0 Å². The molecule has 9 heteroatoms. The minimum absolute atomic E-state index is 0.0218. The number of fused-ring (bicyclic) bond motifs is 1. The normalized spacial score (nSPS) is 24.4. The van der Waals surface area contributed by atoms with E-state index in [-0.39, 0.29) is 12.1 Å². The predicted molar refractivity (Wildman–Crippen MR) is 123 cm³/mol. The van der Waals surface area contributed by atoms with Gasteiger partial charge in [0.25, 0.3) is 0 Å². The SMILES string of the molecule is C[C@@H]1CN(C(=O)O)C[C@H](C)N1c1ncc2[nH]nc(-c3ccc(C4CCN(C)C4)cc3)c2n1. The van der Waals surface area contributed by atoms with Crippen LogP contribution in [0.2, 0.25) is 0 Å². The highest BCUT2D eigenvalue weighted by atomic mass is 16.4. The topological polar surface area (TPSA) is 101 Å². The maximum atomic E-state index is 11.4. The molecular weight excluding hydrogens is 406 g/mol. The van der Waals surface area contributed by atoms with Gasteiger partial charge in [-0.2, -0.15) is 5.10 Å². The second-order valence-electron chi connectivity index (χ2n) is 9.17. The third kappa shape index (κ3) is 3.66. The van der Waals surface area contributed by atoms with Crippen molar-refractivity contribution in [3.05, 3.63) is 36.0 Å². The number of aromatic nitrogens is 4. The van der Waals surface area contributed by atoms with E-state index < -0.39 is 6.09 Å². The number of carbonyl (C=O) groups is 1. The zero-order valence-corrected chi connectivity index (χ0v) is 18.7. The summed E-state index contributed by atoms with van der Waals surface area (Å²) in [6.07, 6.45) is 2.08. The highest BCUT2D eigenvalue weighted by molar-refractivity contribution is 5.89. The summed E-state index contributed by atoms with van der Waals surface area (Å²) in [6.45, 7) is 7.12. The Kier molecular flexibility index (Phi) is 5.21. The number of H-pyrrole nitrogens is 1. The van der Waals surface area contributed by atoms with Crippen LogP contribution in [0, 0.1) is 0 Å². The molecule has 0 radical (unpaired) electrons. The smallest absolute Gasteiger partial charge is 0.407 e. The van der Waals surface area contributed by atoms with Crippen LogP contribution in [0.25, 0.3) is 22.3 Å². The van der Waals surface area contributed by atoms with Gasteiger partial charge in [-0.3, -0.25) is 5.10 Å². The first-order chi connectivity index (χ1) is 15.4. The molecule has 9 nitrogen and oxygen atoms in total. The van der Waals surface area contributed by atoms with E-state index in [0.29, 0.717) is 25.0 Å². The van der Waals surface area contributed by atoms with E-state index in [1.165, 1.54) is 16.9 Å². The molecule has 2 aromatic heterocycles. The molecule has 2 saturated heterocycles. The second-order valence-corrected chi connectivity index (χ2v) is 9.17. The number of likely N-dealkylation sites (tertiary alicyclic amines) is 1. The maximum absolute atomic E-state index is 11.4. The standard InChI is InChI=1S/C23H29N7O2/c1-14-11-29(23(31)32)12-15(2)30(14)22-24-10-19-21(25-22)20(27-26-19)17-6-4-16(5-7-17)18-8-9-28(3)13-18/h4-7,10,14-15,18H,8-9,11-13H2,1-3H3,(H,26,27)(H,31,32)/t14-,15+,18?. The van der Waals surface area contributed by atoms with E-state index in [1.54, 1.807) is 6.20 Å². The number of nitrogens with one attached hydrogen (secondary N) is 1. The molecule has 4 heterocycles. The number of carboxylic acid groups (broad SMARTS) is 1. The summed E-state index contributed by atoms with van der Waals surface area (Å²) in [5, 5.41) is 16.9. The largest absolute Gasteiger partial charge is 0.465 e. The van der Waals surface area contributed by atoms with Gasteiger partial charge in [0.2, 0.25) is 5.95 Å². The summed E-state index contributed by atoms with van der Waals surface area (Å²) in [6, 6.07) is 8.62. The number of piperazine rings is 1. The van der Waals surface area contributed by atoms with E-state index >= 15 is 0 Å². The molecule has 2 N–H and O–H groups in total. The molecule has 2 fully saturated rings. The number of nitrogens with zero attached hydrogens (tertiary/aromatic N) is 6. The third-order valence-electron chi connectivity index (χ3n) is 6.76. The number of likely N-dealkylation sites (N-methyl/N-ethyl adjacent to an activating group) is 1. The van der Waals surface area contributed by atoms with E-state index in [9.17, 15) is 9.90 Å². The summed E-state index contributed by atoms with van der Waals surface area (Å²) in [4.78, 5) is 26.8. The van der Waals surface area contributed by atoms with Crippen LogP contribution in [0.1, 0.15) is 31.7 Å². The Morgan fingerprint density at radius 3 is 2.47 bits per heavy atom. The van der Waals surface area contributed by atoms with E-state index in [0.717, 1.165) is 35.4 Å². The van der Waals surface area contributed by atoms with Crippen LogP contribution in [0.5, 0.6) is 0 Å². The molecule has 0 bridgehead atoms. The Balaban J connectivity index is 1.44. The molecule has 0 aliphatic carbocycles. The maximum Gasteiger partial charge on any atom is 0.407 e. The van der Waals surface area contributed by atoms with Gasteiger partial charge in [0.15, 0.2) is 0 Å². The summed E-state index contributed by atoms with van der Waals surface area (Å²) in [5.74, 6) is 1.20. The lowest BCUT2D eigenvalue weighted by atomic mass is 9.96. The number of hydrogen-bond acceptors (Lipinski definition) is 6. The fourth-order valence-corrected chi connectivity index (χ4v) is 5.12. The van der Waals surface area contributed by atoms with Crippen molar-refractivity contribution in [2.45, 2.75) is 38.3 Å². The third-order valence-corrected chi connectivity index (χ3v) is 6.76. The Bertz CT molecular complexity index is 1120. The van der Waals surface area contributed by atoms with Gasteiger partial charge >= 0.3 is 6.09 Å². The predicted octanol–water partition coefficient (Wildman–Crippen LogP) is 3.02. The van der Waals surface area contributed by atoms with Crippen LogP contribution in [-0.4, -0.2) is 86.5 Å². The first kappa shape index (κ1) is 20.7. The van der Waals surface area contributed by atoms with Crippen molar-refractivity contribution in [2.75, 3.05) is 38.1 Å². The van der Waals surface area contributed by atoms with Gasteiger partial charge in [0.1, 0.15) is 16.7 Å². The molecule has 1 aromatic carbocycles. The second kappa shape index (κ2) is 8.05. The van der Waals surface area contributed by atoms with E-state index in [2.05, 4.69) is 56.3 Å². The molecule has 32 heavy (non-hydrogen) atoms. The van der Waals surface area contributed by atoms with E-state index in [1.807, 2.05) is 13.8 Å². The molecule has 2 aliphatic heterocycles. The van der Waals surface area contributed by atoms with Gasteiger partial charge in [-0.25, -0.2) is 14.8 Å². The van der Waals surface area contributed by atoms with Crippen molar-refractivity contribution in [2.24, 2.45) is 0 Å². The van der Waals surface area contributed by atoms with Crippen LogP contribution in [0.4, 0.5) is 10.7 Å². The lowest BCUT2D eigenvalue weighted by Gasteiger charge is -2.43. The number of anilines is 1. The van der Waals surface area contributed by atoms with Gasteiger partial charge in [-0.05, 0) is 45.3 Å². The van der Waals surface area contributed by atoms with Gasteiger partial charge in [0.05, 0.1) is 6.20 Å². The summed E-state index contributed by atoms with van der Waals surface area (Å²) >= 11 is 0. The minimum atomic E-state index is -0.885. The minimum Gasteiger partial charge on any atom is -0.465 e. The number of amides is 1. The quantitative estimate of drug-likeness (QED) is 0.652. The van der Waals surface area contributed by atoms with Crippen LogP contribution in [0.15, 0.2) is 30.5 Å². The Hall–Kier alpha value is -3.20. The average Bonchev–Trinajstić information content (AvgIpc) is 3.39. The summed E-state index contributed by atoms with van der Waals surface area (Å²) < 4.78 is 0. The molecular formula is C23H29N7O2. The molecule has 2 aliphatic rings. The summed E-state index contributed by atoms with van der Waals surface area (Å²) in [5.41, 5.74) is 4.77. The monoisotopic (exact) mass is 435 g/mol. The van der Waals surface area contributed by atoms with Gasteiger partial charge < -0.3 is 19.8 Å². The van der Waals surface area contributed by atoms with Gasteiger partial charge in [0, 0.05) is 37.3 Å². The number of benzene rings is 1. The molecule has 5 rings (SSSR count). The molecule has 168 valence electrons. The lowest BCUT2D eigenvalue weighted by molar-refractivity contribution is 0.128. The molecule has 3 atom stereocenters. The highest BCUT2D eigenvalue weighted by Crippen LogP contribution is 2.31. The number of rotatable bonds is 3. The molecule has 0 saturated carbocycles. The molecule has 1 unspecified atom stereocenters. The van der Waals surface area contributed by atoms with Crippen LogP contribution in [0.3, 0.4) is 0 Å². The fourth-order valence-electron chi connectivity index (χ4n) is 5.12. The first-order valence-electron chi connectivity index (χ1n) is 11.2. The lowest BCUT2D eigenvalue weighted by Crippen LogP contribution is -2.58. The Morgan fingerprint density at radius 2 is 1.84 bits per heavy atom. The number of hydrogen-bond donors (Lipinski definition) is 2. The zero-order valence-electron chi connectivity index (χ0n) is 18.7. The van der Waals surface area contributed by atoms with Crippen LogP contribution >= 0.6 is 0 Å². The van der Waals surface area contributed by atoms with Crippen molar-refractivity contribution in [1.82, 2.24) is 30.0 Å². The highest BCUT2D eigenvalue weighted by Gasteiger charge is 2.33. The van der Waals surface area contributed by atoms with Crippen LogP contribution in [-0.2, 0) is 0 Å². The molecule has 0 spiro atoms. The fraction of sp³-hybridized carbons (Fsp3) is 0.478. The van der Waals surface area contributed by atoms with Crippen molar-refractivity contribution in [1.29, 1.82) is 0 Å². The van der Waals surface area contributed by atoms with Gasteiger partial charge in [-0.15, -0.1) is 0 Å². The first-order valence-corrected chi connectivity index (χ1v) is 11.2. The van der Waals surface area contributed by atoms with E-state index in [4.69, 9.17) is 4.98 Å². The molecule has 1 amide bonds. The van der Waals surface area contributed by atoms with Gasteiger partial charge in [-0.1, -0.05) is 24.3 Å². The average molecular weight is 436 g/mol. The van der Waals surface area contributed by atoms with Crippen molar-refractivity contribution >= 4 is 23.1 Å². The molecule has 3 aromatic rings. The Morgan fingerprint density at radius 1 is 1.12 bits per heavy atom. The van der Waals surface area contributed by atoms with Crippen LogP contribution < -0.4 is 4.90 Å². The van der Waals surface area contributed by atoms with Crippen molar-refractivity contribution < 1.29 is 9.90 Å². The van der Waals surface area contributed by atoms with Crippen molar-refractivity contribution in [3.8, 4) is 11.3 Å².